The summed E-state index contributed by atoms with van der Waals surface area (Å²) in [7, 11) is 1.64. The Balaban J connectivity index is 1.19. The van der Waals surface area contributed by atoms with Crippen LogP contribution in [0, 0.1) is 5.92 Å². The second kappa shape index (κ2) is 11.8. The number of nitrogens with zero attached hydrogens (tertiary/aromatic N) is 5. The zero-order valence-corrected chi connectivity index (χ0v) is 26.0. The van der Waals surface area contributed by atoms with Gasteiger partial charge in [0.05, 0.1) is 41.1 Å². The van der Waals surface area contributed by atoms with E-state index < -0.39 is 0 Å². The van der Waals surface area contributed by atoms with Crippen LogP contribution in [-0.4, -0.2) is 64.7 Å². The van der Waals surface area contributed by atoms with E-state index in [1.807, 2.05) is 18.2 Å². The van der Waals surface area contributed by atoms with Crippen LogP contribution in [0.2, 0.25) is 5.02 Å². The molecule has 3 fully saturated rings. The molecule has 4 heterocycles. The van der Waals surface area contributed by atoms with Gasteiger partial charge >= 0.3 is 0 Å². The van der Waals surface area contributed by atoms with Gasteiger partial charge in [0.15, 0.2) is 0 Å². The number of halogens is 1. The molecular formula is C34H38ClN7O2. The number of likely N-dealkylation sites (tertiary alicyclic amines) is 1. The maximum Gasteiger partial charge on any atom is 0.247 e. The number of carbonyl (C=O) groups is 1. The molecule has 4 aromatic rings. The first kappa shape index (κ1) is 28.7. The van der Waals surface area contributed by atoms with Crippen LogP contribution in [-0.2, 0) is 4.79 Å². The van der Waals surface area contributed by atoms with Crippen LogP contribution < -0.4 is 20.3 Å². The SMILES string of the molecule is C=CC(=O)Nc1cc(Nc2ncc(Cl)c(-c3cn(C4CC4)c4ccccc34)n2)c(OC)cc1N1CCC(N2CC(C)C2)CC1. The number of fused-ring (bicyclic) bond motifs is 1. The molecule has 228 valence electrons. The van der Waals surface area contributed by atoms with Crippen LogP contribution in [0.5, 0.6) is 5.75 Å². The Morgan fingerprint density at radius 2 is 1.86 bits per heavy atom. The Morgan fingerprint density at radius 1 is 1.09 bits per heavy atom. The summed E-state index contributed by atoms with van der Waals surface area (Å²) in [4.78, 5) is 26.8. The zero-order chi connectivity index (χ0) is 30.4. The van der Waals surface area contributed by atoms with Gasteiger partial charge in [0.1, 0.15) is 5.75 Å². The van der Waals surface area contributed by atoms with Crippen molar-refractivity contribution in [3.63, 3.8) is 0 Å². The van der Waals surface area contributed by atoms with Gasteiger partial charge in [-0.15, -0.1) is 0 Å². The summed E-state index contributed by atoms with van der Waals surface area (Å²) in [6.07, 6.45) is 9.59. The molecule has 2 N–H and O–H groups in total. The number of carbonyl (C=O) groups excluding carboxylic acids is 1. The molecule has 44 heavy (non-hydrogen) atoms. The van der Waals surface area contributed by atoms with E-state index in [2.05, 4.69) is 67.9 Å². The van der Waals surface area contributed by atoms with E-state index in [0.29, 0.717) is 45.9 Å². The summed E-state index contributed by atoms with van der Waals surface area (Å²) in [5, 5.41) is 7.94. The van der Waals surface area contributed by atoms with Crippen LogP contribution in [0.4, 0.5) is 23.0 Å². The lowest BCUT2D eigenvalue weighted by molar-refractivity contribution is -0.111. The Labute approximate surface area is 262 Å². The number of nitrogens with one attached hydrogen (secondary N) is 2. The molecule has 2 aliphatic heterocycles. The molecule has 2 aromatic carbocycles. The highest BCUT2D eigenvalue weighted by Gasteiger charge is 2.33. The van der Waals surface area contributed by atoms with Crippen molar-refractivity contribution in [2.45, 2.75) is 44.7 Å². The average molecular weight is 612 g/mol. The van der Waals surface area contributed by atoms with Crippen molar-refractivity contribution in [1.29, 1.82) is 0 Å². The Bertz CT molecular complexity index is 1720. The summed E-state index contributed by atoms with van der Waals surface area (Å²) in [6, 6.07) is 13.4. The molecule has 2 aromatic heterocycles. The largest absolute Gasteiger partial charge is 0.494 e. The zero-order valence-electron chi connectivity index (χ0n) is 25.2. The van der Waals surface area contributed by atoms with Gasteiger partial charge in [0.2, 0.25) is 11.9 Å². The molecule has 1 aliphatic carbocycles. The number of aromatic nitrogens is 3. The van der Waals surface area contributed by atoms with Gasteiger partial charge in [-0.2, -0.15) is 0 Å². The molecule has 0 atom stereocenters. The molecule has 2 saturated heterocycles. The summed E-state index contributed by atoms with van der Waals surface area (Å²) in [5.74, 6) is 1.52. The van der Waals surface area contributed by atoms with Crippen molar-refractivity contribution in [3.05, 3.63) is 66.5 Å². The van der Waals surface area contributed by atoms with E-state index in [1.165, 1.54) is 37.5 Å². The predicted molar refractivity (Wildman–Crippen MR) is 177 cm³/mol. The first-order valence-corrected chi connectivity index (χ1v) is 15.8. The van der Waals surface area contributed by atoms with Gasteiger partial charge in [-0.1, -0.05) is 43.3 Å². The van der Waals surface area contributed by atoms with E-state index in [0.717, 1.165) is 48.5 Å². The van der Waals surface area contributed by atoms with E-state index >= 15 is 0 Å². The molecule has 9 nitrogen and oxygen atoms in total. The Morgan fingerprint density at radius 3 is 2.57 bits per heavy atom. The van der Waals surface area contributed by atoms with Crippen molar-refractivity contribution >= 4 is 51.4 Å². The van der Waals surface area contributed by atoms with Crippen molar-refractivity contribution in [3.8, 4) is 17.0 Å². The fourth-order valence-corrected chi connectivity index (χ4v) is 6.88. The fraction of sp³-hybridized carbons (Fsp3) is 0.382. The second-order valence-electron chi connectivity index (χ2n) is 12.3. The highest BCUT2D eigenvalue weighted by molar-refractivity contribution is 6.33. The monoisotopic (exact) mass is 611 g/mol. The molecule has 1 saturated carbocycles. The molecule has 7 rings (SSSR count). The minimum atomic E-state index is -0.274. The number of para-hydroxylation sites is 1. The van der Waals surface area contributed by atoms with Gasteiger partial charge in [-0.25, -0.2) is 9.97 Å². The maximum atomic E-state index is 12.5. The maximum absolute atomic E-state index is 12.5. The van der Waals surface area contributed by atoms with Crippen LogP contribution >= 0.6 is 11.6 Å². The second-order valence-corrected chi connectivity index (χ2v) is 12.7. The summed E-state index contributed by atoms with van der Waals surface area (Å²) in [6.45, 7) is 10.2. The number of rotatable bonds is 9. The molecule has 0 unspecified atom stereocenters. The lowest BCUT2D eigenvalue weighted by Gasteiger charge is -2.46. The summed E-state index contributed by atoms with van der Waals surface area (Å²) >= 11 is 6.70. The number of ether oxygens (including phenoxy) is 1. The third kappa shape index (κ3) is 5.50. The Hall–Kier alpha value is -4.08. The first-order chi connectivity index (χ1) is 21.4. The Kier molecular flexibility index (Phi) is 7.68. The van der Waals surface area contributed by atoms with E-state index in [-0.39, 0.29) is 5.91 Å². The van der Waals surface area contributed by atoms with Gasteiger partial charge in [0, 0.05) is 67.0 Å². The number of benzene rings is 2. The number of methoxy groups -OCH3 is 1. The summed E-state index contributed by atoms with van der Waals surface area (Å²) in [5.41, 5.74) is 5.04. The fourth-order valence-electron chi connectivity index (χ4n) is 6.68. The third-order valence-electron chi connectivity index (χ3n) is 9.10. The topological polar surface area (TPSA) is 87.5 Å². The minimum absolute atomic E-state index is 0.274. The van der Waals surface area contributed by atoms with Crippen molar-refractivity contribution in [2.75, 3.05) is 48.8 Å². The van der Waals surface area contributed by atoms with Crippen LogP contribution in [0.1, 0.15) is 38.6 Å². The van der Waals surface area contributed by atoms with Crippen LogP contribution in [0.15, 0.2) is 61.4 Å². The number of anilines is 4. The van der Waals surface area contributed by atoms with E-state index in [1.54, 1.807) is 13.3 Å². The number of piperidine rings is 1. The minimum Gasteiger partial charge on any atom is -0.494 e. The predicted octanol–water partition coefficient (Wildman–Crippen LogP) is 6.88. The van der Waals surface area contributed by atoms with E-state index in [9.17, 15) is 4.79 Å². The summed E-state index contributed by atoms with van der Waals surface area (Å²) < 4.78 is 8.18. The molecule has 1 amide bonds. The number of hydrogen-bond acceptors (Lipinski definition) is 7. The van der Waals surface area contributed by atoms with Crippen LogP contribution in [0.25, 0.3) is 22.2 Å². The lowest BCUT2D eigenvalue weighted by Crippen LogP contribution is -2.54. The molecule has 10 heteroatoms. The molecule has 0 bridgehead atoms. The first-order valence-electron chi connectivity index (χ1n) is 15.5. The van der Waals surface area contributed by atoms with Crippen LogP contribution in [0.3, 0.4) is 0 Å². The third-order valence-corrected chi connectivity index (χ3v) is 9.38. The van der Waals surface area contributed by atoms with Gasteiger partial charge in [0.25, 0.3) is 0 Å². The van der Waals surface area contributed by atoms with E-state index in [4.69, 9.17) is 21.3 Å². The van der Waals surface area contributed by atoms with Crippen molar-refractivity contribution in [2.24, 2.45) is 5.92 Å². The number of amides is 1. The van der Waals surface area contributed by atoms with Crippen molar-refractivity contribution in [1.82, 2.24) is 19.4 Å². The van der Waals surface area contributed by atoms with Crippen molar-refractivity contribution < 1.29 is 9.53 Å². The van der Waals surface area contributed by atoms with Gasteiger partial charge < -0.3 is 24.8 Å². The quantitative estimate of drug-likeness (QED) is 0.199. The molecule has 3 aliphatic rings. The normalized spacial score (nSPS) is 17.8. The lowest BCUT2D eigenvalue weighted by atomic mass is 9.94. The average Bonchev–Trinajstić information content (AvgIpc) is 3.80. The van der Waals surface area contributed by atoms with Gasteiger partial charge in [-0.3, -0.25) is 9.69 Å². The highest BCUT2D eigenvalue weighted by Crippen LogP contribution is 2.43. The smallest absolute Gasteiger partial charge is 0.247 e. The molecular weight excluding hydrogens is 574 g/mol. The highest BCUT2D eigenvalue weighted by atomic mass is 35.5. The molecule has 0 radical (unpaired) electrons. The van der Waals surface area contributed by atoms with Gasteiger partial charge in [-0.05, 0) is 49.8 Å². The standard InChI is InChI=1S/C34H38ClN7O2/c1-4-32(43)37-27-15-28(31(44-3)16-30(27)40-13-11-22(12-14-40)41-18-21(2)19-41)38-34-36-17-26(35)33(39-34)25-20-42(23-9-10-23)29-8-6-5-7-24(25)29/h4-8,15-17,20-23H,1,9-14,18-19H2,2-3H3,(H,37,43)(H,36,38,39). The molecule has 0 spiro atoms. The number of hydrogen-bond donors (Lipinski definition) is 2.